The molecule has 138 valence electrons. The molecule has 2 aromatic rings. The van der Waals surface area contributed by atoms with Crippen LogP contribution in [-0.4, -0.2) is 51.7 Å². The molecule has 1 fully saturated rings. The van der Waals surface area contributed by atoms with Gasteiger partial charge in [-0.05, 0) is 25.0 Å². The standard InChI is InChI=1S/C19H24N4O3/c24-19(16-3-6-25-7-4-16)22-10-15(11-23-14-21-8-17(23)12-22)13-26-18-2-1-5-20-9-18/h1-2,5,8-9,14-16H,3-4,6-7,10-13H2. The van der Waals surface area contributed by atoms with Crippen molar-refractivity contribution in [1.82, 2.24) is 19.4 Å². The van der Waals surface area contributed by atoms with E-state index in [0.29, 0.717) is 32.9 Å². The van der Waals surface area contributed by atoms with Crippen molar-refractivity contribution in [3.05, 3.63) is 42.7 Å². The number of hydrogen-bond acceptors (Lipinski definition) is 5. The van der Waals surface area contributed by atoms with E-state index in [-0.39, 0.29) is 17.7 Å². The Morgan fingerprint density at radius 2 is 2.12 bits per heavy atom. The van der Waals surface area contributed by atoms with Crippen LogP contribution in [0.1, 0.15) is 18.5 Å². The molecule has 26 heavy (non-hydrogen) atoms. The second-order valence-corrected chi connectivity index (χ2v) is 7.01. The van der Waals surface area contributed by atoms with Gasteiger partial charge in [0.1, 0.15) is 5.75 Å². The van der Waals surface area contributed by atoms with Crippen molar-refractivity contribution in [3.63, 3.8) is 0 Å². The van der Waals surface area contributed by atoms with Gasteiger partial charge in [-0.25, -0.2) is 4.98 Å². The lowest BCUT2D eigenvalue weighted by molar-refractivity contribution is -0.139. The molecule has 2 aliphatic heterocycles. The zero-order valence-electron chi connectivity index (χ0n) is 14.8. The Kier molecular flexibility index (Phi) is 5.15. The van der Waals surface area contributed by atoms with Crippen molar-refractivity contribution in [2.24, 2.45) is 11.8 Å². The number of carbonyl (C=O) groups is 1. The Labute approximate surface area is 152 Å². The van der Waals surface area contributed by atoms with E-state index in [0.717, 1.165) is 30.8 Å². The monoisotopic (exact) mass is 356 g/mol. The highest BCUT2D eigenvalue weighted by atomic mass is 16.5. The minimum absolute atomic E-state index is 0.0677. The van der Waals surface area contributed by atoms with E-state index in [4.69, 9.17) is 9.47 Å². The minimum Gasteiger partial charge on any atom is -0.492 e. The molecule has 4 rings (SSSR count). The number of pyridine rings is 1. The fourth-order valence-corrected chi connectivity index (χ4v) is 3.67. The van der Waals surface area contributed by atoms with E-state index in [1.54, 1.807) is 12.4 Å². The van der Waals surface area contributed by atoms with Gasteiger partial charge in [0.2, 0.25) is 5.91 Å². The third-order valence-electron chi connectivity index (χ3n) is 5.09. The van der Waals surface area contributed by atoms with Gasteiger partial charge in [-0.2, -0.15) is 0 Å². The lowest BCUT2D eigenvalue weighted by atomic mass is 9.98. The summed E-state index contributed by atoms with van der Waals surface area (Å²) < 4.78 is 13.4. The highest BCUT2D eigenvalue weighted by molar-refractivity contribution is 5.79. The lowest BCUT2D eigenvalue weighted by Gasteiger charge is -2.30. The van der Waals surface area contributed by atoms with Crippen molar-refractivity contribution in [2.45, 2.75) is 25.9 Å². The molecular weight excluding hydrogens is 332 g/mol. The Hall–Kier alpha value is -2.41. The fraction of sp³-hybridized carbons (Fsp3) is 0.526. The summed E-state index contributed by atoms with van der Waals surface area (Å²) in [5.74, 6) is 1.26. The van der Waals surface area contributed by atoms with Gasteiger partial charge in [0.05, 0.1) is 31.4 Å². The number of fused-ring (bicyclic) bond motifs is 1. The maximum Gasteiger partial charge on any atom is 0.226 e. The topological polar surface area (TPSA) is 69.5 Å². The molecule has 2 aliphatic rings. The molecular formula is C19H24N4O3. The highest BCUT2D eigenvalue weighted by Crippen LogP contribution is 2.23. The van der Waals surface area contributed by atoms with E-state index in [2.05, 4.69) is 14.5 Å². The molecule has 0 radical (unpaired) electrons. The Balaban J connectivity index is 1.47. The predicted octanol–water partition coefficient (Wildman–Crippen LogP) is 1.74. The first-order valence-corrected chi connectivity index (χ1v) is 9.18. The van der Waals surface area contributed by atoms with Crippen LogP contribution in [0.15, 0.2) is 37.1 Å². The number of amides is 1. The van der Waals surface area contributed by atoms with Crippen LogP contribution in [-0.2, 0) is 22.6 Å². The molecule has 7 nitrogen and oxygen atoms in total. The zero-order chi connectivity index (χ0) is 17.8. The number of hydrogen-bond donors (Lipinski definition) is 0. The summed E-state index contributed by atoms with van der Waals surface area (Å²) in [5, 5.41) is 0. The number of carbonyl (C=O) groups excluding carboxylic acids is 1. The first kappa shape index (κ1) is 17.0. The second kappa shape index (κ2) is 7.86. The van der Waals surface area contributed by atoms with Gasteiger partial charge in [-0.15, -0.1) is 0 Å². The van der Waals surface area contributed by atoms with E-state index in [1.807, 2.05) is 29.6 Å². The summed E-state index contributed by atoms with van der Waals surface area (Å²) in [4.78, 5) is 23.4. The molecule has 4 heterocycles. The van der Waals surface area contributed by atoms with E-state index < -0.39 is 0 Å². The summed E-state index contributed by atoms with van der Waals surface area (Å²) in [5.41, 5.74) is 1.08. The van der Waals surface area contributed by atoms with Crippen LogP contribution in [0.25, 0.3) is 0 Å². The lowest BCUT2D eigenvalue weighted by Crippen LogP contribution is -2.41. The molecule has 0 aromatic carbocycles. The van der Waals surface area contributed by atoms with Gasteiger partial charge in [-0.1, -0.05) is 0 Å². The van der Waals surface area contributed by atoms with Gasteiger partial charge in [0, 0.05) is 50.5 Å². The Morgan fingerprint density at radius 3 is 2.92 bits per heavy atom. The zero-order valence-corrected chi connectivity index (χ0v) is 14.8. The molecule has 0 aliphatic carbocycles. The number of aromatic nitrogens is 3. The average Bonchev–Trinajstić information content (AvgIpc) is 3.05. The van der Waals surface area contributed by atoms with Crippen LogP contribution in [0.3, 0.4) is 0 Å². The molecule has 1 amide bonds. The summed E-state index contributed by atoms with van der Waals surface area (Å²) in [6, 6.07) is 3.76. The van der Waals surface area contributed by atoms with E-state index >= 15 is 0 Å². The third kappa shape index (κ3) is 3.88. The molecule has 0 N–H and O–H groups in total. The van der Waals surface area contributed by atoms with Crippen molar-refractivity contribution < 1.29 is 14.3 Å². The SMILES string of the molecule is O=C(C1CCOCC1)N1Cc2cncn2CC(COc2cccnc2)C1. The van der Waals surface area contributed by atoms with Gasteiger partial charge in [-0.3, -0.25) is 9.78 Å². The largest absolute Gasteiger partial charge is 0.492 e. The normalized spacial score (nSPS) is 21.1. The summed E-state index contributed by atoms with van der Waals surface area (Å²) in [7, 11) is 0. The molecule has 2 aromatic heterocycles. The smallest absolute Gasteiger partial charge is 0.226 e. The van der Waals surface area contributed by atoms with Crippen LogP contribution < -0.4 is 4.74 Å². The first-order valence-electron chi connectivity index (χ1n) is 9.18. The van der Waals surface area contributed by atoms with E-state index in [1.165, 1.54) is 0 Å². The van der Waals surface area contributed by atoms with Gasteiger partial charge >= 0.3 is 0 Å². The summed E-state index contributed by atoms with van der Waals surface area (Å²) >= 11 is 0. The molecule has 0 bridgehead atoms. The van der Waals surface area contributed by atoms with Gasteiger partial charge < -0.3 is 18.9 Å². The van der Waals surface area contributed by atoms with Crippen molar-refractivity contribution in [3.8, 4) is 5.75 Å². The van der Waals surface area contributed by atoms with Crippen LogP contribution in [0.4, 0.5) is 0 Å². The highest BCUT2D eigenvalue weighted by Gasteiger charge is 2.31. The Morgan fingerprint density at radius 1 is 1.23 bits per heavy atom. The molecule has 1 saturated heterocycles. The predicted molar refractivity (Wildman–Crippen MR) is 94.4 cm³/mol. The number of ether oxygens (including phenoxy) is 2. The van der Waals surface area contributed by atoms with E-state index in [9.17, 15) is 4.79 Å². The maximum absolute atomic E-state index is 13.0. The fourth-order valence-electron chi connectivity index (χ4n) is 3.67. The Bertz CT molecular complexity index is 727. The van der Waals surface area contributed by atoms with Gasteiger partial charge in [0.25, 0.3) is 0 Å². The second-order valence-electron chi connectivity index (χ2n) is 7.01. The number of imidazole rings is 1. The van der Waals surface area contributed by atoms with Crippen molar-refractivity contribution in [1.29, 1.82) is 0 Å². The molecule has 1 unspecified atom stereocenters. The van der Waals surface area contributed by atoms with Crippen molar-refractivity contribution in [2.75, 3.05) is 26.4 Å². The van der Waals surface area contributed by atoms with Crippen LogP contribution in [0.2, 0.25) is 0 Å². The third-order valence-corrected chi connectivity index (χ3v) is 5.09. The quantitative estimate of drug-likeness (QED) is 0.835. The molecule has 0 saturated carbocycles. The molecule has 7 heteroatoms. The molecule has 1 atom stereocenters. The average molecular weight is 356 g/mol. The van der Waals surface area contributed by atoms with Crippen molar-refractivity contribution >= 4 is 5.91 Å². The molecule has 0 spiro atoms. The van der Waals surface area contributed by atoms with Gasteiger partial charge in [0.15, 0.2) is 0 Å². The number of nitrogens with zero attached hydrogens (tertiary/aromatic N) is 4. The summed E-state index contributed by atoms with van der Waals surface area (Å²) in [6.07, 6.45) is 8.76. The maximum atomic E-state index is 13.0. The van der Waals surface area contributed by atoms with Crippen LogP contribution in [0, 0.1) is 11.8 Å². The van der Waals surface area contributed by atoms with Crippen LogP contribution >= 0.6 is 0 Å². The minimum atomic E-state index is 0.0677. The summed E-state index contributed by atoms with van der Waals surface area (Å²) in [6.45, 7) is 4.00. The van der Waals surface area contributed by atoms with Crippen LogP contribution in [0.5, 0.6) is 5.75 Å². The number of rotatable bonds is 4. The first-order chi connectivity index (χ1) is 12.8.